The Morgan fingerprint density at radius 3 is 1.64 bits per heavy atom. The zero-order chi connectivity index (χ0) is 30.1. The van der Waals surface area contributed by atoms with Gasteiger partial charge in [-0.25, -0.2) is 0 Å². The highest BCUT2D eigenvalue weighted by Gasteiger charge is 2.17. The van der Waals surface area contributed by atoms with E-state index < -0.39 is 6.04 Å². The molecule has 1 heteroatoms. The van der Waals surface area contributed by atoms with Gasteiger partial charge in [0.1, 0.15) is 11.2 Å². The molecule has 8 aromatic rings. The summed E-state index contributed by atoms with van der Waals surface area (Å²) in [6.45, 7) is 0. The summed E-state index contributed by atoms with van der Waals surface area (Å²) in [5.41, 5.74) is 6.70. The van der Waals surface area contributed by atoms with Crippen LogP contribution in [-0.2, 0) is 0 Å². The van der Waals surface area contributed by atoms with Crippen molar-refractivity contribution in [2.24, 2.45) is 0 Å². The van der Waals surface area contributed by atoms with E-state index in [1.807, 2.05) is 72.8 Å². The maximum absolute atomic E-state index is 8.77. The summed E-state index contributed by atoms with van der Waals surface area (Å²) in [6.07, 6.45) is 0. The molecule has 39 heavy (non-hydrogen) atoms. The fourth-order valence-corrected chi connectivity index (χ4v) is 5.83. The lowest BCUT2D eigenvalue weighted by Crippen LogP contribution is -1.90. The van der Waals surface area contributed by atoms with Crippen LogP contribution in [0.25, 0.3) is 76.9 Å². The Morgan fingerprint density at radius 2 is 0.974 bits per heavy atom. The highest BCUT2D eigenvalue weighted by Crippen LogP contribution is 2.44. The molecule has 0 unspecified atom stereocenters. The Labute approximate surface area is 233 Å². The molecule has 0 N–H and O–H groups in total. The van der Waals surface area contributed by atoms with E-state index in [9.17, 15) is 0 Å². The molecule has 0 spiro atoms. The molecular formula is C38H24O. The van der Waals surface area contributed by atoms with Gasteiger partial charge in [0, 0.05) is 10.8 Å². The average molecular weight is 502 g/mol. The quantitative estimate of drug-likeness (QED) is 0.219. The van der Waals surface area contributed by atoms with E-state index in [1.165, 1.54) is 0 Å². The monoisotopic (exact) mass is 501 g/mol. The van der Waals surface area contributed by atoms with Crippen molar-refractivity contribution in [1.29, 1.82) is 0 Å². The normalized spacial score (nSPS) is 13.4. The predicted molar refractivity (Wildman–Crippen MR) is 165 cm³/mol. The van der Waals surface area contributed by atoms with Gasteiger partial charge in [0.15, 0.2) is 0 Å². The zero-order valence-corrected chi connectivity index (χ0v) is 20.9. The molecule has 0 saturated carbocycles. The number of furan rings is 1. The van der Waals surface area contributed by atoms with E-state index in [4.69, 9.17) is 11.3 Å². The molecule has 8 rings (SSSR count). The molecule has 0 fully saturated rings. The van der Waals surface area contributed by atoms with Gasteiger partial charge < -0.3 is 4.42 Å². The summed E-state index contributed by atoms with van der Waals surface area (Å²) in [7, 11) is 0. The molecule has 0 atom stereocenters. The molecule has 0 aliphatic rings. The van der Waals surface area contributed by atoms with Crippen LogP contribution < -0.4 is 0 Å². The third-order valence-corrected chi connectivity index (χ3v) is 7.55. The van der Waals surface area contributed by atoms with Crippen LogP contribution >= 0.6 is 0 Å². The van der Waals surface area contributed by atoms with Crippen LogP contribution in [0.5, 0.6) is 0 Å². The fraction of sp³-hybridized carbons (Fsp3) is 0. The molecular weight excluding hydrogens is 472 g/mol. The standard InChI is InChI=1S/C38H24O/c1-3-11-25(12-4-1)27-20-22-35-34(23-27)29-21-19-28(24-36(29)39-35)38-32-17-9-7-15-30(32)37(26-13-5-2-6-14-26)31-16-8-10-18-33(31)38/h1-24H/i2D,5D,6D,13D,14D. The van der Waals surface area contributed by atoms with Gasteiger partial charge in [-0.1, -0.05) is 121 Å². The van der Waals surface area contributed by atoms with E-state index in [-0.39, 0.29) is 29.7 Å². The van der Waals surface area contributed by atoms with Crippen molar-refractivity contribution in [2.45, 2.75) is 0 Å². The van der Waals surface area contributed by atoms with Crippen molar-refractivity contribution in [2.75, 3.05) is 0 Å². The highest BCUT2D eigenvalue weighted by molar-refractivity contribution is 6.22. The van der Waals surface area contributed by atoms with Gasteiger partial charge in [0.25, 0.3) is 0 Å². The molecule has 1 aromatic heterocycles. The lowest BCUT2D eigenvalue weighted by Gasteiger charge is -2.17. The van der Waals surface area contributed by atoms with Gasteiger partial charge in [0.2, 0.25) is 0 Å². The fourth-order valence-electron chi connectivity index (χ4n) is 5.83. The highest BCUT2D eigenvalue weighted by atomic mass is 16.3. The Kier molecular flexibility index (Phi) is 3.89. The largest absolute Gasteiger partial charge is 0.456 e. The Morgan fingerprint density at radius 1 is 0.385 bits per heavy atom. The molecule has 0 saturated heterocycles. The second-order valence-electron chi connectivity index (χ2n) is 9.73. The lowest BCUT2D eigenvalue weighted by molar-refractivity contribution is 0.669. The molecule has 1 heterocycles. The van der Waals surface area contributed by atoms with Gasteiger partial charge in [-0.05, 0) is 79.2 Å². The van der Waals surface area contributed by atoms with Gasteiger partial charge in [-0.3, -0.25) is 0 Å². The Balaban J connectivity index is 1.41. The van der Waals surface area contributed by atoms with Crippen LogP contribution in [0, 0.1) is 0 Å². The number of fused-ring (bicyclic) bond motifs is 5. The maximum atomic E-state index is 8.77. The minimum Gasteiger partial charge on any atom is -0.456 e. The van der Waals surface area contributed by atoms with Crippen molar-refractivity contribution < 1.29 is 11.3 Å². The number of hydrogen-bond donors (Lipinski definition) is 0. The first-order valence-corrected chi connectivity index (χ1v) is 12.9. The predicted octanol–water partition coefficient (Wildman–Crippen LogP) is 10.9. The Bertz CT molecular complexity index is 2360. The van der Waals surface area contributed by atoms with E-state index in [0.717, 1.165) is 65.7 Å². The molecule has 0 aliphatic carbocycles. The third-order valence-electron chi connectivity index (χ3n) is 7.55. The van der Waals surface area contributed by atoms with Gasteiger partial charge >= 0.3 is 0 Å². The molecule has 0 radical (unpaired) electrons. The molecule has 0 amide bonds. The van der Waals surface area contributed by atoms with Crippen molar-refractivity contribution in [1.82, 2.24) is 0 Å². The SMILES string of the molecule is [2H]c1c([2H])c([2H])c(-c2c3ccccc3c(-c3ccc4c(c3)oc3ccc(-c5ccccc5)cc34)c3ccccc23)c([2H])c1[2H]. The summed E-state index contributed by atoms with van der Waals surface area (Å²) < 4.78 is 48.7. The minimum absolute atomic E-state index is 0.205. The topological polar surface area (TPSA) is 13.1 Å². The first-order valence-electron chi connectivity index (χ1n) is 15.4. The first kappa shape index (κ1) is 17.4. The number of benzene rings is 7. The first-order chi connectivity index (χ1) is 21.4. The van der Waals surface area contributed by atoms with E-state index in [2.05, 4.69) is 42.5 Å². The summed E-state index contributed by atoms with van der Waals surface area (Å²) in [5, 5.41) is 5.57. The average Bonchev–Trinajstić information content (AvgIpc) is 3.43. The summed E-state index contributed by atoms with van der Waals surface area (Å²) >= 11 is 0. The van der Waals surface area contributed by atoms with Crippen LogP contribution in [0.1, 0.15) is 6.85 Å². The molecule has 182 valence electrons. The minimum atomic E-state index is -0.399. The second kappa shape index (κ2) is 8.72. The lowest BCUT2D eigenvalue weighted by atomic mass is 9.86. The summed E-state index contributed by atoms with van der Waals surface area (Å²) in [4.78, 5) is 0. The van der Waals surface area contributed by atoms with Crippen LogP contribution in [0.4, 0.5) is 0 Å². The number of hydrogen-bond acceptors (Lipinski definition) is 1. The van der Waals surface area contributed by atoms with E-state index in [0.29, 0.717) is 5.56 Å². The van der Waals surface area contributed by atoms with Gasteiger partial charge in [0.05, 0.1) is 6.85 Å². The van der Waals surface area contributed by atoms with Crippen LogP contribution in [0.15, 0.2) is 150 Å². The van der Waals surface area contributed by atoms with E-state index in [1.54, 1.807) is 0 Å². The molecule has 1 nitrogen and oxygen atoms in total. The smallest absolute Gasteiger partial charge is 0.136 e. The molecule has 0 aliphatic heterocycles. The molecule has 7 aromatic carbocycles. The van der Waals surface area contributed by atoms with Crippen molar-refractivity contribution >= 4 is 43.5 Å². The van der Waals surface area contributed by atoms with Crippen LogP contribution in [0.2, 0.25) is 0 Å². The summed E-state index contributed by atoms with van der Waals surface area (Å²) in [6, 6.07) is 37.2. The zero-order valence-electron chi connectivity index (χ0n) is 25.9. The van der Waals surface area contributed by atoms with Gasteiger partial charge in [-0.15, -0.1) is 0 Å². The van der Waals surface area contributed by atoms with Crippen LogP contribution in [0.3, 0.4) is 0 Å². The third kappa shape index (κ3) is 3.48. The van der Waals surface area contributed by atoms with Crippen molar-refractivity contribution in [3.8, 4) is 33.4 Å². The van der Waals surface area contributed by atoms with Crippen molar-refractivity contribution in [3.05, 3.63) is 145 Å². The molecule has 0 bridgehead atoms. The van der Waals surface area contributed by atoms with Crippen molar-refractivity contribution in [3.63, 3.8) is 0 Å². The maximum Gasteiger partial charge on any atom is 0.136 e. The van der Waals surface area contributed by atoms with Crippen LogP contribution in [-0.4, -0.2) is 0 Å². The Hall–Kier alpha value is -5.14. The number of rotatable bonds is 3. The van der Waals surface area contributed by atoms with E-state index >= 15 is 0 Å². The second-order valence-corrected chi connectivity index (χ2v) is 9.73. The summed E-state index contributed by atoms with van der Waals surface area (Å²) in [5.74, 6) is 0. The van der Waals surface area contributed by atoms with Gasteiger partial charge in [-0.2, -0.15) is 0 Å².